The summed E-state index contributed by atoms with van der Waals surface area (Å²) in [5.41, 5.74) is 2.67. The second-order valence-corrected chi connectivity index (χ2v) is 4.31. The fourth-order valence-corrected chi connectivity index (χ4v) is 2.10. The maximum absolute atomic E-state index is 10.7. The number of hydrogen-bond acceptors (Lipinski definition) is 3. The fourth-order valence-electron chi connectivity index (χ4n) is 2.10. The van der Waals surface area contributed by atoms with E-state index in [0.717, 1.165) is 28.6 Å². The Kier molecular flexibility index (Phi) is 2.48. The highest BCUT2D eigenvalue weighted by atomic mass is 16.5. The minimum absolute atomic E-state index is 0.668. The van der Waals surface area contributed by atoms with Crippen molar-refractivity contribution in [1.82, 2.24) is 9.72 Å². The Balaban J connectivity index is 2.00. The van der Waals surface area contributed by atoms with Gasteiger partial charge in [0.1, 0.15) is 17.7 Å². The molecule has 0 N–H and O–H groups in total. The van der Waals surface area contributed by atoms with Crippen LogP contribution >= 0.6 is 0 Å². The molecule has 0 fully saturated rings. The first-order chi connectivity index (χ1) is 8.76. The summed E-state index contributed by atoms with van der Waals surface area (Å²) in [6.07, 6.45) is 2.85. The Morgan fingerprint density at radius 3 is 2.94 bits per heavy atom. The van der Waals surface area contributed by atoms with Gasteiger partial charge in [-0.2, -0.15) is 0 Å². The van der Waals surface area contributed by atoms with Crippen molar-refractivity contribution in [3.63, 3.8) is 0 Å². The van der Waals surface area contributed by atoms with Gasteiger partial charge >= 0.3 is 0 Å². The van der Waals surface area contributed by atoms with E-state index in [1.165, 1.54) is 0 Å². The molecule has 0 bridgehead atoms. The lowest BCUT2D eigenvalue weighted by Crippen LogP contribution is -1.97. The van der Waals surface area contributed by atoms with Gasteiger partial charge < -0.3 is 9.09 Å². The largest absolute Gasteiger partial charge is 0.361 e. The van der Waals surface area contributed by atoms with Gasteiger partial charge in [0.2, 0.25) is 0 Å². The highest BCUT2D eigenvalue weighted by Gasteiger charge is 2.05. The minimum Gasteiger partial charge on any atom is -0.361 e. The Bertz CT molecular complexity index is 709. The maximum atomic E-state index is 10.7. The molecule has 0 amide bonds. The first kappa shape index (κ1) is 10.8. The van der Waals surface area contributed by atoms with Crippen LogP contribution < -0.4 is 0 Å². The number of benzene rings is 1. The summed E-state index contributed by atoms with van der Waals surface area (Å²) in [6.45, 7) is 2.54. The van der Waals surface area contributed by atoms with Gasteiger partial charge in [0.25, 0.3) is 0 Å². The number of aryl methyl sites for hydroxylation is 1. The molecule has 90 valence electrons. The van der Waals surface area contributed by atoms with Crippen LogP contribution in [0.2, 0.25) is 0 Å². The van der Waals surface area contributed by atoms with Crippen molar-refractivity contribution in [2.45, 2.75) is 13.5 Å². The molecule has 4 heteroatoms. The summed E-state index contributed by atoms with van der Waals surface area (Å²) < 4.78 is 7.14. The summed E-state index contributed by atoms with van der Waals surface area (Å²) in [6, 6.07) is 9.57. The molecule has 0 spiro atoms. The van der Waals surface area contributed by atoms with E-state index in [9.17, 15) is 4.79 Å². The Labute approximate surface area is 104 Å². The number of carbonyl (C=O) groups is 1. The predicted molar refractivity (Wildman–Crippen MR) is 67.7 cm³/mol. The molecule has 0 unspecified atom stereocenters. The second kappa shape index (κ2) is 4.14. The number of aldehydes is 1. The number of fused-ring (bicyclic) bond motifs is 1. The van der Waals surface area contributed by atoms with Gasteiger partial charge in [0, 0.05) is 28.7 Å². The van der Waals surface area contributed by atoms with Crippen molar-refractivity contribution in [2.24, 2.45) is 0 Å². The lowest BCUT2D eigenvalue weighted by molar-refractivity contribution is 0.112. The molecule has 0 atom stereocenters. The van der Waals surface area contributed by atoms with Crippen molar-refractivity contribution in [1.29, 1.82) is 0 Å². The zero-order valence-corrected chi connectivity index (χ0v) is 9.96. The number of aromatic nitrogens is 2. The quantitative estimate of drug-likeness (QED) is 0.661. The van der Waals surface area contributed by atoms with Crippen molar-refractivity contribution >= 4 is 17.2 Å². The molecule has 4 nitrogen and oxygen atoms in total. The van der Waals surface area contributed by atoms with Crippen LogP contribution in [0.1, 0.15) is 21.8 Å². The SMILES string of the molecule is Cc1cc(Cn2ccc3cc(C=O)ccc32)no1. The molecule has 1 aromatic carbocycles. The van der Waals surface area contributed by atoms with Gasteiger partial charge in [-0.3, -0.25) is 4.79 Å². The van der Waals surface area contributed by atoms with Gasteiger partial charge in [-0.05, 0) is 31.2 Å². The third-order valence-corrected chi connectivity index (χ3v) is 2.94. The summed E-state index contributed by atoms with van der Waals surface area (Å²) in [4.78, 5) is 10.7. The van der Waals surface area contributed by atoms with Gasteiger partial charge in [-0.15, -0.1) is 0 Å². The average molecular weight is 240 g/mol. The lowest BCUT2D eigenvalue weighted by atomic mass is 10.2. The first-order valence-electron chi connectivity index (χ1n) is 5.72. The van der Waals surface area contributed by atoms with E-state index in [2.05, 4.69) is 9.72 Å². The minimum atomic E-state index is 0.668. The van der Waals surface area contributed by atoms with Crippen molar-refractivity contribution < 1.29 is 9.32 Å². The molecule has 3 aromatic rings. The molecule has 0 aliphatic rings. The van der Waals surface area contributed by atoms with Crippen LogP contribution in [-0.4, -0.2) is 16.0 Å². The van der Waals surface area contributed by atoms with Crippen LogP contribution in [0.25, 0.3) is 10.9 Å². The highest BCUT2D eigenvalue weighted by molar-refractivity contribution is 5.87. The number of rotatable bonds is 3. The molecule has 0 aliphatic carbocycles. The number of hydrogen-bond donors (Lipinski definition) is 0. The topological polar surface area (TPSA) is 48.0 Å². The third-order valence-electron chi connectivity index (χ3n) is 2.94. The van der Waals surface area contributed by atoms with E-state index < -0.39 is 0 Å². The van der Waals surface area contributed by atoms with Crippen molar-refractivity contribution in [2.75, 3.05) is 0 Å². The zero-order valence-electron chi connectivity index (χ0n) is 9.96. The first-order valence-corrected chi connectivity index (χ1v) is 5.72. The van der Waals surface area contributed by atoms with Crippen LogP contribution in [-0.2, 0) is 6.54 Å². The summed E-state index contributed by atoms with van der Waals surface area (Å²) >= 11 is 0. The molecule has 3 rings (SSSR count). The van der Waals surface area contributed by atoms with Gasteiger partial charge in [0.15, 0.2) is 0 Å². The van der Waals surface area contributed by atoms with Crippen molar-refractivity contribution in [3.8, 4) is 0 Å². The third kappa shape index (κ3) is 1.82. The van der Waals surface area contributed by atoms with E-state index in [4.69, 9.17) is 4.52 Å². The lowest BCUT2D eigenvalue weighted by Gasteiger charge is -2.02. The predicted octanol–water partition coefficient (Wildman–Crippen LogP) is 2.80. The average Bonchev–Trinajstić information content (AvgIpc) is 2.96. The Morgan fingerprint density at radius 1 is 1.33 bits per heavy atom. The van der Waals surface area contributed by atoms with E-state index in [1.54, 1.807) is 0 Å². The number of nitrogens with zero attached hydrogens (tertiary/aromatic N) is 2. The van der Waals surface area contributed by atoms with Crippen LogP contribution in [0, 0.1) is 6.92 Å². The Hall–Kier alpha value is -2.36. The van der Waals surface area contributed by atoms with Crippen LogP contribution in [0.4, 0.5) is 0 Å². The summed E-state index contributed by atoms with van der Waals surface area (Å²) in [5.74, 6) is 0.810. The zero-order chi connectivity index (χ0) is 12.5. The molecule has 0 aliphatic heterocycles. The van der Waals surface area contributed by atoms with Gasteiger partial charge in [-0.25, -0.2) is 0 Å². The molecule has 0 saturated carbocycles. The van der Waals surface area contributed by atoms with Crippen molar-refractivity contribution in [3.05, 3.63) is 53.5 Å². The smallest absolute Gasteiger partial charge is 0.150 e. The van der Waals surface area contributed by atoms with E-state index in [1.807, 2.05) is 43.5 Å². The molecular weight excluding hydrogens is 228 g/mol. The summed E-state index contributed by atoms with van der Waals surface area (Å²) in [5, 5.41) is 5.03. The standard InChI is InChI=1S/C14H12N2O2/c1-10-6-13(15-18-10)8-16-5-4-12-7-11(9-17)2-3-14(12)16/h2-7,9H,8H2,1H3. The van der Waals surface area contributed by atoms with Crippen LogP contribution in [0.15, 0.2) is 41.1 Å². The monoisotopic (exact) mass is 240 g/mol. The number of carbonyl (C=O) groups excluding carboxylic acids is 1. The molecular formula is C14H12N2O2. The fraction of sp³-hybridized carbons (Fsp3) is 0.143. The maximum Gasteiger partial charge on any atom is 0.150 e. The second-order valence-electron chi connectivity index (χ2n) is 4.31. The molecule has 2 heterocycles. The Morgan fingerprint density at radius 2 is 2.22 bits per heavy atom. The van der Waals surface area contributed by atoms with E-state index in [-0.39, 0.29) is 0 Å². The highest BCUT2D eigenvalue weighted by Crippen LogP contribution is 2.18. The van der Waals surface area contributed by atoms with E-state index >= 15 is 0 Å². The molecule has 0 radical (unpaired) electrons. The van der Waals surface area contributed by atoms with Crippen LogP contribution in [0.3, 0.4) is 0 Å². The van der Waals surface area contributed by atoms with Gasteiger partial charge in [0.05, 0.1) is 6.54 Å². The molecule has 0 saturated heterocycles. The van der Waals surface area contributed by atoms with Crippen LogP contribution in [0.5, 0.6) is 0 Å². The normalized spacial score (nSPS) is 10.9. The van der Waals surface area contributed by atoms with Gasteiger partial charge in [-0.1, -0.05) is 5.16 Å². The summed E-state index contributed by atoms with van der Waals surface area (Å²) in [7, 11) is 0. The molecule has 2 aromatic heterocycles. The van der Waals surface area contributed by atoms with E-state index in [0.29, 0.717) is 12.1 Å². The molecule has 18 heavy (non-hydrogen) atoms.